The summed E-state index contributed by atoms with van der Waals surface area (Å²) in [6.07, 6.45) is 1.47. The maximum Gasteiger partial charge on any atom is 0.308 e. The topological polar surface area (TPSA) is 77.9 Å². The monoisotopic (exact) mass is 366 g/mol. The second-order valence-corrected chi connectivity index (χ2v) is 7.37. The first-order chi connectivity index (χ1) is 13.0. The van der Waals surface area contributed by atoms with Crippen LogP contribution in [0.15, 0.2) is 42.5 Å². The van der Waals surface area contributed by atoms with Gasteiger partial charge in [0.25, 0.3) is 0 Å². The number of aliphatic carboxylic acids is 1. The molecule has 0 saturated carbocycles. The van der Waals surface area contributed by atoms with E-state index in [0.717, 1.165) is 16.5 Å². The van der Waals surface area contributed by atoms with E-state index < -0.39 is 17.8 Å². The van der Waals surface area contributed by atoms with Gasteiger partial charge < -0.3 is 14.9 Å². The fourth-order valence-corrected chi connectivity index (χ4v) is 4.19. The first-order valence-electron chi connectivity index (χ1n) is 9.34. The molecule has 2 amide bonds. The van der Waals surface area contributed by atoms with Gasteiger partial charge in [-0.2, -0.15) is 0 Å². The molecule has 2 heterocycles. The second-order valence-electron chi connectivity index (χ2n) is 7.37. The van der Waals surface area contributed by atoms with Gasteiger partial charge in [0.05, 0.1) is 17.5 Å². The van der Waals surface area contributed by atoms with E-state index in [1.54, 1.807) is 9.80 Å². The number of carboxylic acid groups (broad SMARTS) is 1. The van der Waals surface area contributed by atoms with Crippen LogP contribution in [0.4, 0.5) is 5.69 Å². The number of fused-ring (bicyclic) bond motifs is 1. The Morgan fingerprint density at radius 3 is 2.59 bits per heavy atom. The summed E-state index contributed by atoms with van der Waals surface area (Å²) in [5, 5.41) is 11.3. The summed E-state index contributed by atoms with van der Waals surface area (Å²) in [6.45, 7) is 1.16. The lowest BCUT2D eigenvalue weighted by Crippen LogP contribution is -2.45. The number of carbonyl (C=O) groups excluding carboxylic acids is 2. The van der Waals surface area contributed by atoms with Crippen molar-refractivity contribution in [3.05, 3.63) is 42.5 Å². The third-order valence-electron chi connectivity index (χ3n) is 5.61. The van der Waals surface area contributed by atoms with Gasteiger partial charge in [0.1, 0.15) is 0 Å². The Hall–Kier alpha value is -2.89. The first kappa shape index (κ1) is 17.5. The summed E-state index contributed by atoms with van der Waals surface area (Å²) >= 11 is 0. The van der Waals surface area contributed by atoms with E-state index in [0.29, 0.717) is 25.9 Å². The predicted molar refractivity (Wildman–Crippen MR) is 101 cm³/mol. The molecule has 2 atom stereocenters. The molecular formula is C21H22N2O4. The predicted octanol–water partition coefficient (Wildman–Crippen LogP) is 2.52. The number of amides is 2. The van der Waals surface area contributed by atoms with E-state index in [-0.39, 0.29) is 24.8 Å². The fraction of sp³-hybridized carbons (Fsp3) is 0.381. The Morgan fingerprint density at radius 1 is 1.00 bits per heavy atom. The van der Waals surface area contributed by atoms with E-state index >= 15 is 0 Å². The SMILES string of the molecule is O=C(O)[C@H]1CCCN(C(=O)C2CC(=O)N(c3cccc4ccccc34)C2)C1. The molecule has 0 radical (unpaired) electrons. The van der Waals surface area contributed by atoms with E-state index in [1.807, 2.05) is 42.5 Å². The van der Waals surface area contributed by atoms with E-state index in [1.165, 1.54) is 0 Å². The van der Waals surface area contributed by atoms with Gasteiger partial charge >= 0.3 is 5.97 Å². The van der Waals surface area contributed by atoms with Gasteiger partial charge in [-0.1, -0.05) is 36.4 Å². The Morgan fingerprint density at radius 2 is 1.78 bits per heavy atom. The number of hydrogen-bond acceptors (Lipinski definition) is 3. The molecule has 0 spiro atoms. The Labute approximate surface area is 157 Å². The molecule has 27 heavy (non-hydrogen) atoms. The number of piperidine rings is 1. The fourth-order valence-electron chi connectivity index (χ4n) is 4.19. The summed E-state index contributed by atoms with van der Waals surface area (Å²) in [5.74, 6) is -1.93. The smallest absolute Gasteiger partial charge is 0.308 e. The highest BCUT2D eigenvalue weighted by molar-refractivity contribution is 6.07. The summed E-state index contributed by atoms with van der Waals surface area (Å²) < 4.78 is 0. The van der Waals surface area contributed by atoms with Crippen LogP contribution < -0.4 is 4.90 Å². The molecule has 2 saturated heterocycles. The van der Waals surface area contributed by atoms with Crippen LogP contribution in [0.3, 0.4) is 0 Å². The van der Waals surface area contributed by atoms with Crippen LogP contribution in [0.25, 0.3) is 10.8 Å². The van der Waals surface area contributed by atoms with Crippen molar-refractivity contribution in [2.75, 3.05) is 24.5 Å². The minimum atomic E-state index is -0.854. The first-order valence-corrected chi connectivity index (χ1v) is 9.34. The van der Waals surface area contributed by atoms with Gasteiger partial charge in [-0.25, -0.2) is 0 Å². The molecule has 6 nitrogen and oxygen atoms in total. The molecule has 2 aliphatic rings. The van der Waals surface area contributed by atoms with Crippen molar-refractivity contribution in [2.24, 2.45) is 11.8 Å². The Kier molecular flexibility index (Phi) is 4.56. The van der Waals surface area contributed by atoms with Crippen molar-refractivity contribution >= 4 is 34.2 Å². The van der Waals surface area contributed by atoms with Crippen LogP contribution in [-0.2, 0) is 14.4 Å². The summed E-state index contributed by atoms with van der Waals surface area (Å²) in [5.41, 5.74) is 0.829. The van der Waals surface area contributed by atoms with Crippen molar-refractivity contribution in [3.8, 4) is 0 Å². The normalized spacial score (nSPS) is 23.0. The molecule has 1 N–H and O–H groups in total. The van der Waals surface area contributed by atoms with Crippen molar-refractivity contribution < 1.29 is 19.5 Å². The van der Waals surface area contributed by atoms with Crippen molar-refractivity contribution in [1.82, 2.24) is 4.90 Å². The van der Waals surface area contributed by atoms with Gasteiger partial charge in [0, 0.05) is 31.4 Å². The summed E-state index contributed by atoms with van der Waals surface area (Å²) in [4.78, 5) is 40.1. The Bertz CT molecular complexity index is 905. The lowest BCUT2D eigenvalue weighted by Gasteiger charge is -2.32. The second kappa shape index (κ2) is 7.02. The van der Waals surface area contributed by atoms with Crippen molar-refractivity contribution in [1.29, 1.82) is 0 Å². The number of hydrogen-bond donors (Lipinski definition) is 1. The molecule has 0 aromatic heterocycles. The molecule has 1 unspecified atom stereocenters. The molecule has 2 aromatic carbocycles. The number of likely N-dealkylation sites (tertiary alicyclic amines) is 1. The summed E-state index contributed by atoms with van der Waals surface area (Å²) in [7, 11) is 0. The zero-order chi connectivity index (χ0) is 19.0. The van der Waals surface area contributed by atoms with Crippen molar-refractivity contribution in [3.63, 3.8) is 0 Å². The third kappa shape index (κ3) is 3.27. The number of benzene rings is 2. The number of carboxylic acids is 1. The molecule has 140 valence electrons. The summed E-state index contributed by atoms with van der Waals surface area (Å²) in [6, 6.07) is 13.7. The average molecular weight is 366 g/mol. The molecule has 0 bridgehead atoms. The van der Waals surface area contributed by atoms with Gasteiger partial charge in [-0.15, -0.1) is 0 Å². The van der Waals surface area contributed by atoms with Crippen LogP contribution in [-0.4, -0.2) is 47.4 Å². The number of rotatable bonds is 3. The minimum Gasteiger partial charge on any atom is -0.481 e. The Balaban J connectivity index is 1.53. The van der Waals surface area contributed by atoms with E-state index in [4.69, 9.17) is 0 Å². The lowest BCUT2D eigenvalue weighted by molar-refractivity contribution is -0.146. The number of carbonyl (C=O) groups is 3. The highest BCUT2D eigenvalue weighted by Gasteiger charge is 2.39. The van der Waals surface area contributed by atoms with Crippen LogP contribution in [0.5, 0.6) is 0 Å². The standard InChI is InChI=1S/C21H22N2O4/c24-19-11-16(20(25)22-10-4-7-15(12-22)21(26)27)13-23(19)18-9-3-6-14-5-1-2-8-17(14)18/h1-3,5-6,8-9,15-16H,4,7,10-13H2,(H,26,27)/t15-,16?/m0/s1. The minimum absolute atomic E-state index is 0.0588. The highest BCUT2D eigenvalue weighted by atomic mass is 16.4. The maximum atomic E-state index is 12.9. The molecule has 2 fully saturated rings. The molecule has 6 heteroatoms. The largest absolute Gasteiger partial charge is 0.481 e. The number of nitrogens with zero attached hydrogens (tertiary/aromatic N) is 2. The highest BCUT2D eigenvalue weighted by Crippen LogP contribution is 2.32. The molecule has 2 aliphatic heterocycles. The van der Waals surface area contributed by atoms with Crippen LogP contribution in [0.2, 0.25) is 0 Å². The maximum absolute atomic E-state index is 12.9. The van der Waals surface area contributed by atoms with Crippen LogP contribution >= 0.6 is 0 Å². The van der Waals surface area contributed by atoms with Gasteiger partial charge in [-0.05, 0) is 24.3 Å². The zero-order valence-corrected chi connectivity index (χ0v) is 15.0. The van der Waals surface area contributed by atoms with E-state index in [2.05, 4.69) is 0 Å². The van der Waals surface area contributed by atoms with Gasteiger partial charge in [0.2, 0.25) is 11.8 Å². The third-order valence-corrected chi connectivity index (χ3v) is 5.61. The number of anilines is 1. The molecular weight excluding hydrogens is 344 g/mol. The van der Waals surface area contributed by atoms with Crippen LogP contribution in [0, 0.1) is 11.8 Å². The molecule has 2 aromatic rings. The van der Waals surface area contributed by atoms with Gasteiger partial charge in [0.15, 0.2) is 0 Å². The van der Waals surface area contributed by atoms with Gasteiger partial charge in [-0.3, -0.25) is 14.4 Å². The zero-order valence-electron chi connectivity index (χ0n) is 15.0. The average Bonchev–Trinajstić information content (AvgIpc) is 3.08. The molecule has 4 rings (SSSR count). The lowest BCUT2D eigenvalue weighted by atomic mass is 9.96. The van der Waals surface area contributed by atoms with Crippen molar-refractivity contribution in [2.45, 2.75) is 19.3 Å². The molecule has 0 aliphatic carbocycles. The quantitative estimate of drug-likeness (QED) is 0.905. The van der Waals surface area contributed by atoms with E-state index in [9.17, 15) is 19.5 Å². The van der Waals surface area contributed by atoms with Crippen LogP contribution in [0.1, 0.15) is 19.3 Å².